The van der Waals surface area contributed by atoms with Crippen LogP contribution in [0.4, 0.5) is 10.1 Å². The summed E-state index contributed by atoms with van der Waals surface area (Å²) in [6.45, 7) is 0. The van der Waals surface area contributed by atoms with Gasteiger partial charge < -0.3 is 0 Å². The molecule has 1 aromatic carbocycles. The summed E-state index contributed by atoms with van der Waals surface area (Å²) >= 11 is 5.61. The fourth-order valence-electron chi connectivity index (χ4n) is 1.84. The number of nitrogens with one attached hydrogen (secondary N) is 1. The van der Waals surface area contributed by atoms with Gasteiger partial charge in [0.2, 0.25) is 0 Å². The zero-order chi connectivity index (χ0) is 15.0. The van der Waals surface area contributed by atoms with Crippen molar-refractivity contribution < 1.29 is 12.8 Å². The highest BCUT2D eigenvalue weighted by atomic mass is 35.5. The second-order valence-electron chi connectivity index (χ2n) is 4.30. The lowest BCUT2D eigenvalue weighted by Crippen LogP contribution is -2.13. The summed E-state index contributed by atoms with van der Waals surface area (Å²) in [6, 6.07) is 8.18. The average Bonchev–Trinajstić information content (AvgIpc) is 2.88. The maximum atomic E-state index is 13.1. The Hall–Kier alpha value is -2.12. The van der Waals surface area contributed by atoms with Gasteiger partial charge in [-0.3, -0.25) is 4.72 Å². The van der Waals surface area contributed by atoms with Crippen molar-refractivity contribution in [1.82, 2.24) is 9.61 Å². The molecule has 21 heavy (non-hydrogen) atoms. The lowest BCUT2D eigenvalue weighted by atomic mass is 10.3. The van der Waals surface area contributed by atoms with E-state index in [1.165, 1.54) is 0 Å². The lowest BCUT2D eigenvalue weighted by Gasteiger charge is -2.09. The number of sulfonamides is 1. The number of anilines is 1. The molecule has 108 valence electrons. The van der Waals surface area contributed by atoms with Gasteiger partial charge in [0.05, 0.1) is 21.1 Å². The van der Waals surface area contributed by atoms with Crippen LogP contribution in [0.15, 0.2) is 53.7 Å². The van der Waals surface area contributed by atoms with Gasteiger partial charge in [0, 0.05) is 12.4 Å². The molecule has 0 fully saturated rings. The maximum Gasteiger partial charge on any atom is 0.261 e. The Morgan fingerprint density at radius 2 is 2.00 bits per heavy atom. The molecule has 0 atom stereocenters. The number of hydrogen-bond acceptors (Lipinski definition) is 3. The first-order chi connectivity index (χ1) is 9.95. The highest BCUT2D eigenvalue weighted by Gasteiger charge is 2.16. The Labute approximate surface area is 125 Å². The molecular weight excluding hydrogens is 317 g/mol. The first-order valence-corrected chi connectivity index (χ1v) is 7.73. The van der Waals surface area contributed by atoms with E-state index in [4.69, 9.17) is 11.6 Å². The third-order valence-electron chi connectivity index (χ3n) is 2.85. The third kappa shape index (κ3) is 2.70. The molecule has 0 saturated carbocycles. The molecule has 0 aliphatic carbocycles. The van der Waals surface area contributed by atoms with Gasteiger partial charge in [0.15, 0.2) is 0 Å². The number of rotatable bonds is 3. The maximum absolute atomic E-state index is 13.1. The van der Waals surface area contributed by atoms with Crippen molar-refractivity contribution in [2.45, 2.75) is 4.90 Å². The number of fused-ring (bicyclic) bond motifs is 1. The van der Waals surface area contributed by atoms with Crippen LogP contribution >= 0.6 is 11.6 Å². The van der Waals surface area contributed by atoms with E-state index in [0.717, 1.165) is 23.7 Å². The van der Waals surface area contributed by atoms with Crippen molar-refractivity contribution in [2.75, 3.05) is 4.72 Å². The van der Waals surface area contributed by atoms with E-state index >= 15 is 0 Å². The molecule has 0 aliphatic rings. The number of aromatic nitrogens is 2. The van der Waals surface area contributed by atoms with Crippen molar-refractivity contribution in [2.24, 2.45) is 0 Å². The SMILES string of the molecule is O=S(=O)(Nc1ccn2nccc2c1)c1ccc(F)c(Cl)c1. The Balaban J connectivity index is 1.96. The molecule has 5 nitrogen and oxygen atoms in total. The first-order valence-electron chi connectivity index (χ1n) is 5.87. The largest absolute Gasteiger partial charge is 0.279 e. The predicted octanol–water partition coefficient (Wildman–Crippen LogP) is 2.93. The molecular formula is C13H9ClFN3O2S. The minimum atomic E-state index is -3.84. The molecule has 3 rings (SSSR count). The molecule has 0 radical (unpaired) electrons. The molecule has 2 heterocycles. The zero-order valence-electron chi connectivity index (χ0n) is 10.5. The summed E-state index contributed by atoms with van der Waals surface area (Å²) in [5.74, 6) is -0.670. The van der Waals surface area contributed by atoms with Crippen molar-refractivity contribution in [3.63, 3.8) is 0 Å². The quantitative estimate of drug-likeness (QED) is 0.805. The van der Waals surface area contributed by atoms with Crippen LogP contribution in [0.3, 0.4) is 0 Å². The summed E-state index contributed by atoms with van der Waals surface area (Å²) in [5, 5.41) is 3.77. The topological polar surface area (TPSA) is 63.5 Å². The number of benzene rings is 1. The Bertz CT molecular complexity index is 924. The van der Waals surface area contributed by atoms with E-state index in [1.807, 2.05) is 0 Å². The summed E-state index contributed by atoms with van der Waals surface area (Å²) in [7, 11) is -3.84. The molecule has 3 aromatic rings. The minimum absolute atomic E-state index is 0.109. The molecule has 0 unspecified atom stereocenters. The molecule has 2 aromatic heterocycles. The Morgan fingerprint density at radius 3 is 2.76 bits per heavy atom. The fraction of sp³-hybridized carbons (Fsp3) is 0. The van der Waals surface area contributed by atoms with Crippen LogP contribution in [0.2, 0.25) is 5.02 Å². The van der Waals surface area contributed by atoms with Crippen LogP contribution in [0.1, 0.15) is 0 Å². The van der Waals surface area contributed by atoms with Crippen LogP contribution in [-0.4, -0.2) is 18.0 Å². The number of nitrogens with zero attached hydrogens (tertiary/aromatic N) is 2. The second kappa shape index (κ2) is 5.01. The number of halogens is 2. The third-order valence-corrected chi connectivity index (χ3v) is 4.52. The van der Waals surface area contributed by atoms with Gasteiger partial charge in [-0.05, 0) is 36.4 Å². The monoisotopic (exact) mass is 325 g/mol. The molecule has 1 N–H and O–H groups in total. The minimum Gasteiger partial charge on any atom is -0.279 e. The van der Waals surface area contributed by atoms with Crippen LogP contribution in [-0.2, 0) is 10.0 Å². The van der Waals surface area contributed by atoms with E-state index in [9.17, 15) is 12.8 Å². The Kier molecular flexibility index (Phi) is 3.30. The van der Waals surface area contributed by atoms with Crippen LogP contribution in [0.25, 0.3) is 5.52 Å². The van der Waals surface area contributed by atoms with Gasteiger partial charge in [0.25, 0.3) is 10.0 Å². The van der Waals surface area contributed by atoms with Crippen LogP contribution in [0.5, 0.6) is 0 Å². The molecule has 0 spiro atoms. The van der Waals surface area contributed by atoms with Crippen LogP contribution < -0.4 is 4.72 Å². The van der Waals surface area contributed by atoms with E-state index in [-0.39, 0.29) is 9.92 Å². The van der Waals surface area contributed by atoms with E-state index < -0.39 is 15.8 Å². The van der Waals surface area contributed by atoms with Gasteiger partial charge in [-0.2, -0.15) is 5.10 Å². The Morgan fingerprint density at radius 1 is 1.19 bits per heavy atom. The first kappa shape index (κ1) is 13.8. The van der Waals surface area contributed by atoms with Crippen molar-refractivity contribution in [3.05, 3.63) is 59.6 Å². The highest BCUT2D eigenvalue weighted by molar-refractivity contribution is 7.92. The van der Waals surface area contributed by atoms with Gasteiger partial charge in [-0.15, -0.1) is 0 Å². The smallest absolute Gasteiger partial charge is 0.261 e. The number of hydrogen-bond donors (Lipinski definition) is 1. The van der Waals surface area contributed by atoms with Gasteiger partial charge in [-0.25, -0.2) is 17.3 Å². The van der Waals surface area contributed by atoms with Crippen molar-refractivity contribution >= 4 is 32.8 Å². The van der Waals surface area contributed by atoms with Crippen LogP contribution in [0, 0.1) is 5.82 Å². The molecule has 0 aliphatic heterocycles. The number of pyridine rings is 1. The lowest BCUT2D eigenvalue weighted by molar-refractivity contribution is 0.599. The predicted molar refractivity (Wildman–Crippen MR) is 77.4 cm³/mol. The molecule has 0 amide bonds. The molecule has 8 heteroatoms. The van der Waals surface area contributed by atoms with Gasteiger partial charge in [-0.1, -0.05) is 11.6 Å². The zero-order valence-corrected chi connectivity index (χ0v) is 12.1. The van der Waals surface area contributed by atoms with E-state index in [2.05, 4.69) is 9.82 Å². The summed E-state index contributed by atoms with van der Waals surface area (Å²) < 4.78 is 41.6. The summed E-state index contributed by atoms with van der Waals surface area (Å²) in [6.07, 6.45) is 3.23. The standard InChI is InChI=1S/C13H9ClFN3O2S/c14-12-8-11(1-2-13(12)15)21(19,20)17-9-4-6-18-10(7-9)3-5-16-18/h1-8,17H. The highest BCUT2D eigenvalue weighted by Crippen LogP contribution is 2.22. The van der Waals surface area contributed by atoms with Crippen molar-refractivity contribution in [3.8, 4) is 0 Å². The van der Waals surface area contributed by atoms with Gasteiger partial charge in [0.1, 0.15) is 5.82 Å². The van der Waals surface area contributed by atoms with Gasteiger partial charge >= 0.3 is 0 Å². The molecule has 0 saturated heterocycles. The second-order valence-corrected chi connectivity index (χ2v) is 6.39. The molecule has 0 bridgehead atoms. The van der Waals surface area contributed by atoms with Crippen molar-refractivity contribution in [1.29, 1.82) is 0 Å². The summed E-state index contributed by atoms with van der Waals surface area (Å²) in [4.78, 5) is -0.109. The van der Waals surface area contributed by atoms with E-state index in [1.54, 1.807) is 35.1 Å². The average molecular weight is 326 g/mol. The normalized spacial score (nSPS) is 11.7. The fourth-order valence-corrected chi connectivity index (χ4v) is 3.16. The van der Waals surface area contributed by atoms with E-state index in [0.29, 0.717) is 5.69 Å². The summed E-state index contributed by atoms with van der Waals surface area (Å²) in [5.41, 5.74) is 1.12.